The lowest BCUT2D eigenvalue weighted by molar-refractivity contribution is 0.566. The Hall–Kier alpha value is -1.70. The van der Waals surface area contributed by atoms with Gasteiger partial charge in [-0.05, 0) is 31.4 Å². The third-order valence-corrected chi connectivity index (χ3v) is 4.37. The summed E-state index contributed by atoms with van der Waals surface area (Å²) in [6.07, 6.45) is 0.612. The molecule has 21 heavy (non-hydrogen) atoms. The predicted molar refractivity (Wildman–Crippen MR) is 82.0 cm³/mol. The average molecular weight is 308 g/mol. The van der Waals surface area contributed by atoms with E-state index < -0.39 is 10.2 Å². The van der Waals surface area contributed by atoms with E-state index in [0.29, 0.717) is 13.0 Å². The van der Waals surface area contributed by atoms with Crippen LogP contribution in [0.1, 0.15) is 22.5 Å². The number of rotatable bonds is 7. The molecule has 7 heteroatoms. The summed E-state index contributed by atoms with van der Waals surface area (Å²) in [6, 6.07) is 9.40. The van der Waals surface area contributed by atoms with E-state index in [-0.39, 0.29) is 6.54 Å². The van der Waals surface area contributed by atoms with Gasteiger partial charge in [0.05, 0.1) is 5.69 Å². The summed E-state index contributed by atoms with van der Waals surface area (Å²) >= 11 is 0. The number of aryl methyl sites for hydroxylation is 2. The molecule has 0 spiro atoms. The number of hydrogen-bond acceptors (Lipinski definition) is 3. The third kappa shape index (κ3) is 4.66. The second-order valence-electron chi connectivity index (χ2n) is 4.87. The summed E-state index contributed by atoms with van der Waals surface area (Å²) in [4.78, 5) is 0. The van der Waals surface area contributed by atoms with Crippen LogP contribution < -0.4 is 9.44 Å². The highest BCUT2D eigenvalue weighted by Gasteiger charge is 2.11. The zero-order valence-electron chi connectivity index (χ0n) is 12.2. The Morgan fingerprint density at radius 1 is 1.14 bits per heavy atom. The van der Waals surface area contributed by atoms with Crippen molar-refractivity contribution in [2.45, 2.75) is 26.8 Å². The molecule has 0 aliphatic rings. The van der Waals surface area contributed by atoms with E-state index in [2.05, 4.69) is 19.6 Å². The first-order valence-electron chi connectivity index (χ1n) is 6.76. The fourth-order valence-corrected chi connectivity index (χ4v) is 2.91. The van der Waals surface area contributed by atoms with E-state index in [0.717, 1.165) is 22.5 Å². The van der Waals surface area contributed by atoms with Gasteiger partial charge in [-0.1, -0.05) is 30.3 Å². The van der Waals surface area contributed by atoms with Crippen LogP contribution in [-0.2, 0) is 23.2 Å². The van der Waals surface area contributed by atoms with Crippen LogP contribution in [0.15, 0.2) is 30.3 Å². The monoisotopic (exact) mass is 308 g/mol. The highest BCUT2D eigenvalue weighted by molar-refractivity contribution is 7.87. The van der Waals surface area contributed by atoms with Crippen molar-refractivity contribution in [3.05, 3.63) is 52.8 Å². The van der Waals surface area contributed by atoms with Crippen molar-refractivity contribution in [2.75, 3.05) is 6.54 Å². The normalized spacial score (nSPS) is 11.7. The smallest absolute Gasteiger partial charge is 0.277 e. The Labute approximate surface area is 125 Å². The lowest BCUT2D eigenvalue weighted by Gasteiger charge is -2.08. The van der Waals surface area contributed by atoms with Crippen molar-refractivity contribution in [1.29, 1.82) is 0 Å². The largest absolute Gasteiger partial charge is 0.282 e. The van der Waals surface area contributed by atoms with Gasteiger partial charge in [0, 0.05) is 18.8 Å². The van der Waals surface area contributed by atoms with Gasteiger partial charge in [0.15, 0.2) is 0 Å². The minimum absolute atomic E-state index is 0.278. The van der Waals surface area contributed by atoms with Gasteiger partial charge < -0.3 is 0 Å². The highest BCUT2D eigenvalue weighted by Crippen LogP contribution is 2.09. The molecular formula is C14H20N4O2S. The zero-order valence-corrected chi connectivity index (χ0v) is 13.0. The number of nitrogens with one attached hydrogen (secondary N) is 3. The van der Waals surface area contributed by atoms with Gasteiger partial charge in [0.25, 0.3) is 10.2 Å². The molecule has 1 aromatic heterocycles. The van der Waals surface area contributed by atoms with E-state index in [1.165, 1.54) is 0 Å². The number of H-pyrrole nitrogens is 1. The number of aromatic nitrogens is 2. The third-order valence-electron chi connectivity index (χ3n) is 3.26. The fraction of sp³-hybridized carbons (Fsp3) is 0.357. The molecule has 0 saturated carbocycles. The van der Waals surface area contributed by atoms with Crippen LogP contribution in [0.25, 0.3) is 0 Å². The molecule has 2 rings (SSSR count). The van der Waals surface area contributed by atoms with Gasteiger partial charge in [-0.25, -0.2) is 4.72 Å². The number of hydrogen-bond donors (Lipinski definition) is 3. The zero-order chi connectivity index (χ0) is 15.3. The van der Waals surface area contributed by atoms with Crippen molar-refractivity contribution in [3.63, 3.8) is 0 Å². The molecule has 0 amide bonds. The van der Waals surface area contributed by atoms with Gasteiger partial charge in [-0.2, -0.15) is 18.2 Å². The maximum absolute atomic E-state index is 11.9. The summed E-state index contributed by atoms with van der Waals surface area (Å²) < 4.78 is 28.8. The maximum Gasteiger partial charge on any atom is 0.277 e. The standard InChI is InChI=1S/C14H20N4O2S/c1-11-14(12(2)18-17-11)8-9-15-21(19,20)16-10-13-6-4-3-5-7-13/h3-7,15-16H,8-10H2,1-2H3,(H,17,18). The molecule has 0 atom stereocenters. The van der Waals surface area contributed by atoms with Crippen LogP contribution in [0.2, 0.25) is 0 Å². The van der Waals surface area contributed by atoms with E-state index in [4.69, 9.17) is 0 Å². The Morgan fingerprint density at radius 3 is 2.48 bits per heavy atom. The van der Waals surface area contributed by atoms with Gasteiger partial charge >= 0.3 is 0 Å². The molecule has 0 unspecified atom stereocenters. The van der Waals surface area contributed by atoms with Crippen LogP contribution in [-0.4, -0.2) is 25.2 Å². The van der Waals surface area contributed by atoms with Crippen molar-refractivity contribution >= 4 is 10.2 Å². The summed E-state index contributed by atoms with van der Waals surface area (Å²) in [5, 5.41) is 6.98. The Kier molecular flexibility index (Phi) is 5.11. The Balaban J connectivity index is 1.82. The number of aromatic amines is 1. The minimum atomic E-state index is -3.49. The Morgan fingerprint density at radius 2 is 1.86 bits per heavy atom. The van der Waals surface area contributed by atoms with E-state index >= 15 is 0 Å². The van der Waals surface area contributed by atoms with E-state index in [9.17, 15) is 8.42 Å². The molecule has 0 aliphatic heterocycles. The predicted octanol–water partition coefficient (Wildman–Crippen LogP) is 1.19. The van der Waals surface area contributed by atoms with Crippen LogP contribution in [0.5, 0.6) is 0 Å². The first-order valence-corrected chi connectivity index (χ1v) is 8.25. The molecule has 3 N–H and O–H groups in total. The molecule has 0 aliphatic carbocycles. The minimum Gasteiger partial charge on any atom is -0.282 e. The summed E-state index contributed by atoms with van der Waals surface area (Å²) in [6.45, 7) is 4.45. The van der Waals surface area contributed by atoms with E-state index in [1.54, 1.807) is 0 Å². The van der Waals surface area contributed by atoms with Gasteiger partial charge in [-0.3, -0.25) is 5.10 Å². The van der Waals surface area contributed by atoms with Crippen molar-refractivity contribution < 1.29 is 8.42 Å². The Bertz CT molecular complexity index is 661. The van der Waals surface area contributed by atoms with Crippen molar-refractivity contribution in [2.24, 2.45) is 0 Å². The molecule has 1 aromatic carbocycles. The van der Waals surface area contributed by atoms with Crippen LogP contribution >= 0.6 is 0 Å². The SMILES string of the molecule is Cc1n[nH]c(C)c1CCNS(=O)(=O)NCc1ccccc1. The number of benzene rings is 1. The molecular weight excluding hydrogens is 288 g/mol. The molecule has 6 nitrogen and oxygen atoms in total. The molecule has 114 valence electrons. The molecule has 0 saturated heterocycles. The molecule has 1 heterocycles. The maximum atomic E-state index is 11.9. The van der Waals surface area contributed by atoms with Crippen molar-refractivity contribution in [1.82, 2.24) is 19.6 Å². The quantitative estimate of drug-likeness (QED) is 0.718. The van der Waals surface area contributed by atoms with Crippen LogP contribution in [0.3, 0.4) is 0 Å². The highest BCUT2D eigenvalue weighted by atomic mass is 32.2. The van der Waals surface area contributed by atoms with Crippen LogP contribution in [0, 0.1) is 13.8 Å². The topological polar surface area (TPSA) is 86.9 Å². The first kappa shape index (κ1) is 15.7. The first-order chi connectivity index (χ1) is 9.98. The van der Waals surface area contributed by atoms with Gasteiger partial charge in [0.2, 0.25) is 0 Å². The second kappa shape index (κ2) is 6.84. The molecule has 2 aromatic rings. The lowest BCUT2D eigenvalue weighted by atomic mass is 10.1. The number of nitrogens with zero attached hydrogens (tertiary/aromatic N) is 1. The summed E-state index contributed by atoms with van der Waals surface area (Å²) in [5.41, 5.74) is 3.86. The van der Waals surface area contributed by atoms with Crippen LogP contribution in [0.4, 0.5) is 0 Å². The van der Waals surface area contributed by atoms with E-state index in [1.807, 2.05) is 44.2 Å². The van der Waals surface area contributed by atoms with Gasteiger partial charge in [-0.15, -0.1) is 0 Å². The van der Waals surface area contributed by atoms with Gasteiger partial charge in [0.1, 0.15) is 0 Å². The van der Waals surface area contributed by atoms with Crippen molar-refractivity contribution in [3.8, 4) is 0 Å². The molecule has 0 fully saturated rings. The lowest BCUT2D eigenvalue weighted by Crippen LogP contribution is -2.37. The summed E-state index contributed by atoms with van der Waals surface area (Å²) in [5.74, 6) is 0. The molecule has 0 bridgehead atoms. The second-order valence-corrected chi connectivity index (χ2v) is 6.45. The fourth-order valence-electron chi connectivity index (χ4n) is 2.08. The average Bonchev–Trinajstić information content (AvgIpc) is 2.78. The summed E-state index contributed by atoms with van der Waals surface area (Å²) in [7, 11) is -3.49. The molecule has 0 radical (unpaired) electrons.